The van der Waals surface area contributed by atoms with E-state index in [2.05, 4.69) is 22.9 Å². The molecule has 116 valence electrons. The SMILES string of the molecule is CC1(CN)CCN(C(=O)CCOc2ccc(Cl)cc2Br)C1. The number of nitrogens with zero attached hydrogens (tertiary/aromatic N) is 1. The van der Waals surface area contributed by atoms with Crippen LogP contribution in [0.1, 0.15) is 19.8 Å². The first-order valence-electron chi connectivity index (χ1n) is 6.99. The smallest absolute Gasteiger partial charge is 0.226 e. The lowest BCUT2D eigenvalue weighted by molar-refractivity contribution is -0.131. The number of benzene rings is 1. The fourth-order valence-corrected chi connectivity index (χ4v) is 3.20. The predicted molar refractivity (Wildman–Crippen MR) is 87.6 cm³/mol. The van der Waals surface area contributed by atoms with Gasteiger partial charge in [-0.05, 0) is 52.5 Å². The molecule has 1 aliphatic heterocycles. The summed E-state index contributed by atoms with van der Waals surface area (Å²) in [4.78, 5) is 14.0. The van der Waals surface area contributed by atoms with Crippen molar-refractivity contribution in [2.45, 2.75) is 19.8 Å². The van der Waals surface area contributed by atoms with Gasteiger partial charge in [-0.1, -0.05) is 18.5 Å². The van der Waals surface area contributed by atoms with E-state index in [0.717, 1.165) is 24.0 Å². The molecule has 6 heteroatoms. The highest BCUT2D eigenvalue weighted by molar-refractivity contribution is 9.10. The van der Waals surface area contributed by atoms with Crippen molar-refractivity contribution in [1.29, 1.82) is 0 Å². The minimum atomic E-state index is 0.0652. The number of halogens is 2. The van der Waals surface area contributed by atoms with E-state index in [0.29, 0.717) is 30.3 Å². The molecule has 1 aromatic rings. The van der Waals surface area contributed by atoms with E-state index in [-0.39, 0.29) is 11.3 Å². The Morgan fingerprint density at radius 1 is 1.57 bits per heavy atom. The van der Waals surface area contributed by atoms with Crippen molar-refractivity contribution in [3.8, 4) is 5.75 Å². The highest BCUT2D eigenvalue weighted by Crippen LogP contribution is 2.30. The van der Waals surface area contributed by atoms with Crippen LogP contribution in [0, 0.1) is 5.41 Å². The van der Waals surface area contributed by atoms with Crippen molar-refractivity contribution in [3.05, 3.63) is 27.7 Å². The van der Waals surface area contributed by atoms with Gasteiger partial charge < -0.3 is 15.4 Å². The lowest BCUT2D eigenvalue weighted by Crippen LogP contribution is -2.35. The van der Waals surface area contributed by atoms with Gasteiger partial charge in [0.2, 0.25) is 5.91 Å². The van der Waals surface area contributed by atoms with Crippen LogP contribution in [0.5, 0.6) is 5.75 Å². The van der Waals surface area contributed by atoms with Crippen LogP contribution in [0.25, 0.3) is 0 Å². The molecule has 0 radical (unpaired) electrons. The van der Waals surface area contributed by atoms with Gasteiger partial charge in [0.15, 0.2) is 0 Å². The standard InChI is InChI=1S/C15H20BrClN2O2/c1-15(9-18)5-6-19(10-15)14(20)4-7-21-13-3-2-11(17)8-12(13)16/h2-3,8H,4-7,9-10,18H2,1H3. The molecule has 2 rings (SSSR count). The van der Waals surface area contributed by atoms with Crippen molar-refractivity contribution >= 4 is 33.4 Å². The molecule has 2 N–H and O–H groups in total. The summed E-state index contributed by atoms with van der Waals surface area (Å²) in [6, 6.07) is 5.32. The van der Waals surface area contributed by atoms with E-state index in [1.165, 1.54) is 0 Å². The van der Waals surface area contributed by atoms with Gasteiger partial charge in [-0.15, -0.1) is 0 Å². The van der Waals surface area contributed by atoms with Crippen molar-refractivity contribution < 1.29 is 9.53 Å². The number of carbonyl (C=O) groups excluding carboxylic acids is 1. The van der Waals surface area contributed by atoms with Gasteiger partial charge in [0.25, 0.3) is 0 Å². The van der Waals surface area contributed by atoms with Crippen LogP contribution in [-0.4, -0.2) is 37.0 Å². The number of hydrogen-bond donors (Lipinski definition) is 1. The largest absolute Gasteiger partial charge is 0.492 e. The van der Waals surface area contributed by atoms with Crippen LogP contribution >= 0.6 is 27.5 Å². The lowest BCUT2D eigenvalue weighted by Gasteiger charge is -2.22. The summed E-state index contributed by atoms with van der Waals surface area (Å²) < 4.78 is 6.41. The predicted octanol–water partition coefficient (Wildman–Crippen LogP) is 3.07. The van der Waals surface area contributed by atoms with Crippen molar-refractivity contribution in [2.24, 2.45) is 11.1 Å². The third kappa shape index (κ3) is 4.34. The minimum absolute atomic E-state index is 0.0652. The maximum absolute atomic E-state index is 12.2. The Kier molecular flexibility index (Phi) is 5.52. The van der Waals surface area contributed by atoms with Crippen LogP contribution in [0.15, 0.2) is 22.7 Å². The third-order valence-corrected chi connectivity index (χ3v) is 4.73. The van der Waals surface area contributed by atoms with Crippen LogP contribution in [0.2, 0.25) is 5.02 Å². The highest BCUT2D eigenvalue weighted by Gasteiger charge is 2.34. The molecule has 0 saturated carbocycles. The lowest BCUT2D eigenvalue weighted by atomic mass is 9.90. The van der Waals surface area contributed by atoms with Gasteiger partial charge in [-0.25, -0.2) is 0 Å². The maximum Gasteiger partial charge on any atom is 0.226 e. The van der Waals surface area contributed by atoms with Gasteiger partial charge >= 0.3 is 0 Å². The Bertz CT molecular complexity index is 526. The van der Waals surface area contributed by atoms with Crippen LogP contribution in [0.4, 0.5) is 0 Å². The fourth-order valence-electron chi connectivity index (χ4n) is 2.40. The van der Waals surface area contributed by atoms with Crippen LogP contribution in [-0.2, 0) is 4.79 Å². The molecule has 1 aromatic carbocycles. The average molecular weight is 376 g/mol. The molecule has 0 aliphatic carbocycles. The topological polar surface area (TPSA) is 55.6 Å². The molecule has 0 aromatic heterocycles. The molecule has 1 fully saturated rings. The van der Waals surface area contributed by atoms with Crippen LogP contribution in [0.3, 0.4) is 0 Å². The second-order valence-electron chi connectivity index (χ2n) is 5.75. The highest BCUT2D eigenvalue weighted by atomic mass is 79.9. The summed E-state index contributed by atoms with van der Waals surface area (Å²) >= 11 is 9.26. The molecule has 1 aliphatic rings. The minimum Gasteiger partial charge on any atom is -0.492 e. The summed E-state index contributed by atoms with van der Waals surface area (Å²) in [6.45, 7) is 4.63. The quantitative estimate of drug-likeness (QED) is 0.860. The van der Waals surface area contributed by atoms with E-state index < -0.39 is 0 Å². The molecule has 21 heavy (non-hydrogen) atoms. The summed E-state index contributed by atoms with van der Waals surface area (Å²) in [5.74, 6) is 0.817. The van der Waals surface area contributed by atoms with Crippen LogP contribution < -0.4 is 10.5 Å². The Hall–Kier alpha value is -0.780. The number of hydrogen-bond acceptors (Lipinski definition) is 3. The summed E-state index contributed by atoms with van der Waals surface area (Å²) in [6.07, 6.45) is 1.34. The summed E-state index contributed by atoms with van der Waals surface area (Å²) in [5, 5.41) is 0.642. The first-order chi connectivity index (χ1) is 9.93. The van der Waals surface area contributed by atoms with E-state index in [1.54, 1.807) is 18.2 Å². The monoisotopic (exact) mass is 374 g/mol. The molecule has 1 atom stereocenters. The van der Waals surface area contributed by atoms with Gasteiger partial charge in [0, 0.05) is 18.1 Å². The molecule has 0 spiro atoms. The third-order valence-electron chi connectivity index (χ3n) is 3.87. The van der Waals surface area contributed by atoms with Gasteiger partial charge in [-0.3, -0.25) is 4.79 Å². The first-order valence-corrected chi connectivity index (χ1v) is 8.16. The van der Waals surface area contributed by atoms with E-state index >= 15 is 0 Å². The Balaban J connectivity index is 1.80. The molecule has 1 amide bonds. The Labute approximate surface area is 138 Å². The first kappa shape index (κ1) is 16.6. The number of nitrogens with two attached hydrogens (primary N) is 1. The number of likely N-dealkylation sites (tertiary alicyclic amines) is 1. The Morgan fingerprint density at radius 3 is 2.95 bits per heavy atom. The Morgan fingerprint density at radius 2 is 2.33 bits per heavy atom. The van der Waals surface area contributed by atoms with E-state index in [9.17, 15) is 4.79 Å². The van der Waals surface area contributed by atoms with Gasteiger partial charge in [-0.2, -0.15) is 0 Å². The summed E-state index contributed by atoms with van der Waals surface area (Å²) in [5.41, 5.74) is 5.82. The second kappa shape index (κ2) is 6.99. The van der Waals surface area contributed by atoms with Gasteiger partial charge in [0.05, 0.1) is 17.5 Å². The van der Waals surface area contributed by atoms with Crippen molar-refractivity contribution in [1.82, 2.24) is 4.90 Å². The van der Waals surface area contributed by atoms with E-state index in [1.807, 2.05) is 4.90 Å². The van der Waals surface area contributed by atoms with E-state index in [4.69, 9.17) is 22.1 Å². The molecule has 4 nitrogen and oxygen atoms in total. The molecular weight excluding hydrogens is 356 g/mol. The molecule has 1 saturated heterocycles. The maximum atomic E-state index is 12.2. The molecule has 0 bridgehead atoms. The molecule has 1 unspecified atom stereocenters. The number of carbonyl (C=O) groups is 1. The zero-order chi connectivity index (χ0) is 15.5. The average Bonchev–Trinajstić information content (AvgIpc) is 2.85. The molecular formula is C15H20BrClN2O2. The second-order valence-corrected chi connectivity index (χ2v) is 7.04. The number of rotatable bonds is 5. The zero-order valence-corrected chi connectivity index (χ0v) is 14.4. The van der Waals surface area contributed by atoms with Gasteiger partial charge in [0.1, 0.15) is 5.75 Å². The normalized spacial score (nSPS) is 21.6. The molecule has 1 heterocycles. The number of amides is 1. The zero-order valence-electron chi connectivity index (χ0n) is 12.1. The fraction of sp³-hybridized carbons (Fsp3) is 0.533. The van der Waals surface area contributed by atoms with Crippen molar-refractivity contribution in [3.63, 3.8) is 0 Å². The summed E-state index contributed by atoms with van der Waals surface area (Å²) in [7, 11) is 0. The van der Waals surface area contributed by atoms with Crippen molar-refractivity contribution in [2.75, 3.05) is 26.2 Å². The number of ether oxygens (including phenoxy) is 1.